The lowest BCUT2D eigenvalue weighted by Gasteiger charge is -2.33. The van der Waals surface area contributed by atoms with E-state index in [2.05, 4.69) is 21.3 Å². The zero-order chi connectivity index (χ0) is 17.5. The van der Waals surface area contributed by atoms with Crippen LogP contribution in [0, 0.1) is 0 Å². The highest BCUT2D eigenvalue weighted by Crippen LogP contribution is 2.19. The van der Waals surface area contributed by atoms with Crippen molar-refractivity contribution in [1.29, 1.82) is 0 Å². The van der Waals surface area contributed by atoms with Gasteiger partial charge in [-0.05, 0) is 44.2 Å². The molecule has 2 heterocycles. The largest absolute Gasteiger partial charge is 0.367 e. The molecule has 3 rings (SSSR count). The molecule has 0 saturated carbocycles. The minimum absolute atomic E-state index is 0.117. The summed E-state index contributed by atoms with van der Waals surface area (Å²) < 4.78 is 0. The van der Waals surface area contributed by atoms with E-state index in [1.165, 1.54) is 31.3 Å². The van der Waals surface area contributed by atoms with Crippen molar-refractivity contribution in [3.63, 3.8) is 0 Å². The fourth-order valence-corrected chi connectivity index (χ4v) is 3.35. The average Bonchev–Trinajstić information content (AvgIpc) is 2.69. The molecule has 25 heavy (non-hydrogen) atoms. The minimum Gasteiger partial charge on any atom is -0.367 e. The van der Waals surface area contributed by atoms with Gasteiger partial charge in [0, 0.05) is 32.7 Å². The normalized spacial score (nSPS) is 17.8. The predicted octanol–water partition coefficient (Wildman–Crippen LogP) is 1.98. The SMILES string of the molecule is O=CN1CCN(c2ccc(C(=O)NCCC3=CCCCC3)nc2)CC1. The van der Waals surface area contributed by atoms with Crippen LogP contribution in [0.4, 0.5) is 5.69 Å². The summed E-state index contributed by atoms with van der Waals surface area (Å²) in [5.41, 5.74) is 2.91. The molecular weight excluding hydrogens is 316 g/mol. The molecular formula is C19H26N4O2. The molecule has 1 aliphatic heterocycles. The number of hydrogen-bond acceptors (Lipinski definition) is 4. The third-order valence-electron chi connectivity index (χ3n) is 4.93. The van der Waals surface area contributed by atoms with Gasteiger partial charge in [-0.1, -0.05) is 11.6 Å². The van der Waals surface area contributed by atoms with Crippen LogP contribution in [0.2, 0.25) is 0 Å². The van der Waals surface area contributed by atoms with E-state index >= 15 is 0 Å². The summed E-state index contributed by atoms with van der Waals surface area (Å²) in [5.74, 6) is -0.117. The monoisotopic (exact) mass is 342 g/mol. The van der Waals surface area contributed by atoms with E-state index in [1.807, 2.05) is 6.07 Å². The number of carbonyl (C=O) groups is 2. The van der Waals surface area contributed by atoms with Gasteiger partial charge in [0.25, 0.3) is 5.91 Å². The fraction of sp³-hybridized carbons (Fsp3) is 0.526. The van der Waals surface area contributed by atoms with Gasteiger partial charge in [0.1, 0.15) is 5.69 Å². The van der Waals surface area contributed by atoms with Crippen molar-refractivity contribution >= 4 is 18.0 Å². The molecule has 1 fully saturated rings. The Morgan fingerprint density at radius 3 is 2.68 bits per heavy atom. The second-order valence-electron chi connectivity index (χ2n) is 6.64. The van der Waals surface area contributed by atoms with E-state index < -0.39 is 0 Å². The molecule has 1 aromatic heterocycles. The Morgan fingerprint density at radius 2 is 2.04 bits per heavy atom. The van der Waals surface area contributed by atoms with Crippen LogP contribution in [0.3, 0.4) is 0 Å². The first-order valence-electron chi connectivity index (χ1n) is 9.13. The summed E-state index contributed by atoms with van der Waals surface area (Å²) in [6.07, 6.45) is 10.8. The average molecular weight is 342 g/mol. The van der Waals surface area contributed by atoms with Crippen LogP contribution in [0.25, 0.3) is 0 Å². The van der Waals surface area contributed by atoms with Gasteiger partial charge in [-0.15, -0.1) is 0 Å². The number of pyridine rings is 1. The van der Waals surface area contributed by atoms with Crippen molar-refractivity contribution in [1.82, 2.24) is 15.2 Å². The third-order valence-corrected chi connectivity index (χ3v) is 4.93. The van der Waals surface area contributed by atoms with Gasteiger partial charge in [0.2, 0.25) is 6.41 Å². The fourth-order valence-electron chi connectivity index (χ4n) is 3.35. The summed E-state index contributed by atoms with van der Waals surface area (Å²) in [5, 5.41) is 2.96. The lowest BCUT2D eigenvalue weighted by atomic mass is 9.97. The Labute approximate surface area is 148 Å². The van der Waals surface area contributed by atoms with E-state index in [1.54, 1.807) is 17.2 Å². The number of anilines is 1. The summed E-state index contributed by atoms with van der Waals surface area (Å²) in [6, 6.07) is 3.71. The molecule has 0 spiro atoms. The van der Waals surface area contributed by atoms with E-state index in [0.717, 1.165) is 44.7 Å². The molecule has 0 atom stereocenters. The molecule has 0 bridgehead atoms. The minimum atomic E-state index is -0.117. The third kappa shape index (κ3) is 4.81. The van der Waals surface area contributed by atoms with Crippen molar-refractivity contribution in [2.45, 2.75) is 32.1 Å². The smallest absolute Gasteiger partial charge is 0.269 e. The number of nitrogens with one attached hydrogen (secondary N) is 1. The van der Waals surface area contributed by atoms with Crippen molar-refractivity contribution in [3.8, 4) is 0 Å². The Balaban J connectivity index is 1.47. The van der Waals surface area contributed by atoms with Crippen molar-refractivity contribution in [3.05, 3.63) is 35.7 Å². The topological polar surface area (TPSA) is 65.5 Å². The van der Waals surface area contributed by atoms with Gasteiger partial charge in [0.15, 0.2) is 0 Å². The summed E-state index contributed by atoms with van der Waals surface area (Å²) in [4.78, 5) is 31.2. The molecule has 0 unspecified atom stereocenters. The van der Waals surface area contributed by atoms with E-state index in [4.69, 9.17) is 0 Å². The summed E-state index contributed by atoms with van der Waals surface area (Å²) in [7, 11) is 0. The van der Waals surface area contributed by atoms with Crippen LogP contribution in [-0.2, 0) is 4.79 Å². The van der Waals surface area contributed by atoms with Crippen molar-refractivity contribution in [2.24, 2.45) is 0 Å². The van der Waals surface area contributed by atoms with Gasteiger partial charge in [-0.3, -0.25) is 9.59 Å². The zero-order valence-electron chi connectivity index (χ0n) is 14.6. The van der Waals surface area contributed by atoms with Crippen molar-refractivity contribution in [2.75, 3.05) is 37.6 Å². The molecule has 6 heteroatoms. The maximum Gasteiger partial charge on any atom is 0.269 e. The lowest BCUT2D eigenvalue weighted by molar-refractivity contribution is -0.118. The quantitative estimate of drug-likeness (QED) is 0.634. The Bertz CT molecular complexity index is 619. The van der Waals surface area contributed by atoms with E-state index in [9.17, 15) is 9.59 Å². The first-order chi connectivity index (χ1) is 12.3. The number of nitrogens with zero attached hydrogens (tertiary/aromatic N) is 3. The second kappa shape index (κ2) is 8.65. The first kappa shape index (κ1) is 17.5. The van der Waals surface area contributed by atoms with Gasteiger partial charge in [-0.25, -0.2) is 4.98 Å². The number of piperazine rings is 1. The van der Waals surface area contributed by atoms with Crippen molar-refractivity contribution < 1.29 is 9.59 Å². The van der Waals surface area contributed by atoms with Crippen LogP contribution >= 0.6 is 0 Å². The van der Waals surface area contributed by atoms with E-state index in [-0.39, 0.29) is 5.91 Å². The van der Waals surface area contributed by atoms with Crippen LogP contribution in [-0.4, -0.2) is 54.9 Å². The molecule has 1 N–H and O–H groups in total. The van der Waals surface area contributed by atoms with Crippen LogP contribution < -0.4 is 10.2 Å². The molecule has 1 aromatic rings. The number of aromatic nitrogens is 1. The summed E-state index contributed by atoms with van der Waals surface area (Å²) in [6.45, 7) is 3.70. The van der Waals surface area contributed by atoms with E-state index in [0.29, 0.717) is 12.2 Å². The molecule has 1 aliphatic carbocycles. The zero-order valence-corrected chi connectivity index (χ0v) is 14.6. The second-order valence-corrected chi connectivity index (χ2v) is 6.64. The molecule has 6 nitrogen and oxygen atoms in total. The lowest BCUT2D eigenvalue weighted by Crippen LogP contribution is -2.45. The van der Waals surface area contributed by atoms with Crippen LogP contribution in [0.5, 0.6) is 0 Å². The maximum absolute atomic E-state index is 12.2. The first-order valence-corrected chi connectivity index (χ1v) is 9.13. The Kier molecular flexibility index (Phi) is 6.04. The summed E-state index contributed by atoms with van der Waals surface area (Å²) >= 11 is 0. The predicted molar refractivity (Wildman–Crippen MR) is 97.6 cm³/mol. The van der Waals surface area contributed by atoms with Gasteiger partial charge < -0.3 is 15.1 Å². The highest BCUT2D eigenvalue weighted by Gasteiger charge is 2.16. The van der Waals surface area contributed by atoms with Crippen LogP contribution in [0.1, 0.15) is 42.6 Å². The number of allylic oxidation sites excluding steroid dienone is 1. The maximum atomic E-state index is 12.2. The Morgan fingerprint density at radius 1 is 1.20 bits per heavy atom. The number of rotatable bonds is 6. The molecule has 2 amide bonds. The molecule has 134 valence electrons. The van der Waals surface area contributed by atoms with Gasteiger partial charge >= 0.3 is 0 Å². The van der Waals surface area contributed by atoms with Gasteiger partial charge in [0.05, 0.1) is 11.9 Å². The number of hydrogen-bond donors (Lipinski definition) is 1. The highest BCUT2D eigenvalue weighted by atomic mass is 16.2. The molecule has 1 saturated heterocycles. The number of amides is 2. The van der Waals surface area contributed by atoms with Gasteiger partial charge in [-0.2, -0.15) is 0 Å². The standard InChI is InChI=1S/C19H26N4O2/c24-15-22-10-12-23(13-11-22)17-6-7-18(21-14-17)19(25)20-9-8-16-4-2-1-3-5-16/h4,6-7,14-15H,1-3,5,8-13H2,(H,20,25). The van der Waals surface area contributed by atoms with Crippen LogP contribution in [0.15, 0.2) is 30.0 Å². The number of carbonyl (C=O) groups excluding carboxylic acids is 2. The highest BCUT2D eigenvalue weighted by molar-refractivity contribution is 5.92. The molecule has 0 radical (unpaired) electrons. The molecule has 2 aliphatic rings. The molecule has 0 aromatic carbocycles. The Hall–Kier alpha value is -2.37.